The molecule has 0 unspecified atom stereocenters. The summed E-state index contributed by atoms with van der Waals surface area (Å²) >= 11 is 0. The quantitative estimate of drug-likeness (QED) is 0.106. The van der Waals surface area contributed by atoms with E-state index in [9.17, 15) is 0 Å². The van der Waals surface area contributed by atoms with Crippen LogP contribution in [0.4, 0.5) is 0 Å². The molecule has 0 saturated carbocycles. The molecule has 0 N–H and O–H groups in total. The van der Waals surface area contributed by atoms with Gasteiger partial charge in [-0.1, -0.05) is 175 Å². The Morgan fingerprint density at radius 2 is 1.06 bits per heavy atom. The molecule has 0 radical (unpaired) electrons. The number of nitrogens with zero attached hydrogens (tertiary/aromatic N) is 2. The summed E-state index contributed by atoms with van der Waals surface area (Å²) in [5.41, 5.74) is 13.7. The predicted molar refractivity (Wildman–Crippen MR) is 219 cm³/mol. The second-order valence-electron chi connectivity index (χ2n) is 16.4. The van der Waals surface area contributed by atoms with Crippen LogP contribution in [0.15, 0.2) is 64.1 Å². The topological polar surface area (TPSA) is 24.7 Å². The standard InChI is InChI=1S/C47H70N2/c1-11-15-17-19-21-23-31-47(32-24-22-20-18-16-12-2)41-33-35(37-29-30-40(46(7,8)14-4)44(49-10)43(37)48-9)25-27-38(41)39-28-26-36(34-42(39)47)45(5,6)13-3/h25-30,33-34H,11-24,31-32H2,1-10H3. The fourth-order valence-corrected chi connectivity index (χ4v) is 8.37. The highest BCUT2D eigenvalue weighted by Gasteiger charge is 2.43. The van der Waals surface area contributed by atoms with Gasteiger partial charge in [-0.15, -0.1) is 0 Å². The van der Waals surface area contributed by atoms with Gasteiger partial charge in [-0.2, -0.15) is 0 Å². The SMILES string of the molecule is CCCCCCCCC1(CCCCCCCC)c2cc(C3=CC=C(C(C)(C)CC)C(=NC)C3=NC)ccc2-c2ccc(C(C)(C)CC)cc21. The van der Waals surface area contributed by atoms with Crippen molar-refractivity contribution >= 4 is 17.0 Å². The van der Waals surface area contributed by atoms with Crippen LogP contribution in [0.5, 0.6) is 0 Å². The minimum atomic E-state index is 0.0414. The van der Waals surface area contributed by atoms with Gasteiger partial charge in [0.2, 0.25) is 0 Å². The third-order valence-electron chi connectivity index (χ3n) is 12.5. The van der Waals surface area contributed by atoms with Gasteiger partial charge in [-0.3, -0.25) is 9.98 Å². The number of fused-ring (bicyclic) bond motifs is 3. The number of hydrogen-bond donors (Lipinski definition) is 0. The van der Waals surface area contributed by atoms with Gasteiger partial charge in [0.25, 0.3) is 0 Å². The Morgan fingerprint density at radius 3 is 1.59 bits per heavy atom. The van der Waals surface area contributed by atoms with Gasteiger partial charge in [0.1, 0.15) is 0 Å². The lowest BCUT2D eigenvalue weighted by atomic mass is 9.69. The molecule has 49 heavy (non-hydrogen) atoms. The van der Waals surface area contributed by atoms with Crippen molar-refractivity contribution in [3.63, 3.8) is 0 Å². The summed E-state index contributed by atoms with van der Waals surface area (Å²) in [6.07, 6.45) is 25.3. The summed E-state index contributed by atoms with van der Waals surface area (Å²) in [5, 5.41) is 0. The van der Waals surface area contributed by atoms with Gasteiger partial charge in [0.05, 0.1) is 11.4 Å². The van der Waals surface area contributed by atoms with Gasteiger partial charge >= 0.3 is 0 Å². The van der Waals surface area contributed by atoms with E-state index >= 15 is 0 Å². The normalized spacial score (nSPS) is 17.3. The lowest BCUT2D eigenvalue weighted by Gasteiger charge is -2.35. The van der Waals surface area contributed by atoms with Gasteiger partial charge in [0.15, 0.2) is 0 Å². The average Bonchev–Trinajstić information content (AvgIpc) is 3.38. The molecule has 0 atom stereocenters. The van der Waals surface area contributed by atoms with E-state index in [2.05, 4.69) is 104 Å². The first-order valence-corrected chi connectivity index (χ1v) is 20.2. The second kappa shape index (κ2) is 17.5. The molecule has 0 aromatic heterocycles. The first-order valence-electron chi connectivity index (χ1n) is 20.2. The molecule has 268 valence electrons. The van der Waals surface area contributed by atoms with E-state index in [1.807, 2.05) is 14.1 Å². The molecule has 2 aromatic carbocycles. The van der Waals surface area contributed by atoms with E-state index in [1.54, 1.807) is 11.1 Å². The molecule has 0 saturated heterocycles. The van der Waals surface area contributed by atoms with Crippen LogP contribution in [0.2, 0.25) is 0 Å². The third kappa shape index (κ3) is 8.43. The zero-order valence-electron chi connectivity index (χ0n) is 33.3. The maximum absolute atomic E-state index is 4.92. The van der Waals surface area contributed by atoms with Gasteiger partial charge in [-0.25, -0.2) is 0 Å². The Bertz CT molecular complexity index is 1510. The van der Waals surface area contributed by atoms with Crippen LogP contribution in [-0.4, -0.2) is 25.5 Å². The van der Waals surface area contributed by atoms with Crippen molar-refractivity contribution in [2.24, 2.45) is 15.4 Å². The summed E-state index contributed by atoms with van der Waals surface area (Å²) < 4.78 is 0. The summed E-state index contributed by atoms with van der Waals surface area (Å²) in [6.45, 7) is 18.8. The van der Waals surface area contributed by atoms with E-state index in [-0.39, 0.29) is 16.2 Å². The molecule has 2 nitrogen and oxygen atoms in total. The molecule has 4 rings (SSSR count). The predicted octanol–water partition coefficient (Wildman–Crippen LogP) is 14.0. The van der Waals surface area contributed by atoms with Crippen molar-refractivity contribution in [2.45, 2.75) is 169 Å². The van der Waals surface area contributed by atoms with Crippen LogP contribution in [0.1, 0.15) is 180 Å². The second-order valence-corrected chi connectivity index (χ2v) is 16.4. The first kappa shape index (κ1) is 39.1. The van der Waals surface area contributed by atoms with Crippen molar-refractivity contribution in [1.29, 1.82) is 0 Å². The van der Waals surface area contributed by atoms with Gasteiger partial charge < -0.3 is 0 Å². The minimum absolute atomic E-state index is 0.0414. The maximum atomic E-state index is 4.92. The number of hydrogen-bond acceptors (Lipinski definition) is 2. The zero-order valence-corrected chi connectivity index (χ0v) is 33.3. The fourth-order valence-electron chi connectivity index (χ4n) is 8.37. The van der Waals surface area contributed by atoms with Crippen LogP contribution in [0, 0.1) is 5.41 Å². The monoisotopic (exact) mass is 663 g/mol. The van der Waals surface area contributed by atoms with Crippen molar-refractivity contribution in [3.8, 4) is 11.1 Å². The largest absolute Gasteiger partial charge is 0.286 e. The van der Waals surface area contributed by atoms with Gasteiger partial charge in [0, 0.05) is 25.1 Å². The molecule has 2 aromatic rings. The molecule has 2 heteroatoms. The van der Waals surface area contributed by atoms with E-state index in [4.69, 9.17) is 9.98 Å². The van der Waals surface area contributed by atoms with Crippen molar-refractivity contribution in [2.75, 3.05) is 14.1 Å². The number of benzene rings is 2. The lowest BCUT2D eigenvalue weighted by Crippen LogP contribution is -2.30. The Morgan fingerprint density at radius 1 is 0.551 bits per heavy atom. The number of aliphatic imine (C=N–C) groups is 2. The highest BCUT2D eigenvalue weighted by molar-refractivity contribution is 6.63. The Balaban J connectivity index is 1.87. The van der Waals surface area contributed by atoms with Crippen LogP contribution >= 0.6 is 0 Å². The van der Waals surface area contributed by atoms with E-state index in [0.717, 1.165) is 24.3 Å². The van der Waals surface area contributed by atoms with Crippen molar-refractivity contribution < 1.29 is 0 Å². The number of unbranched alkanes of at least 4 members (excludes halogenated alkanes) is 10. The molecule has 0 fully saturated rings. The molecule has 0 spiro atoms. The molecule has 0 heterocycles. The average molecular weight is 663 g/mol. The van der Waals surface area contributed by atoms with Gasteiger partial charge in [-0.05, 0) is 81.5 Å². The summed E-state index contributed by atoms with van der Waals surface area (Å²) in [6, 6.07) is 15.0. The molecule has 0 aliphatic heterocycles. The molecule has 0 bridgehead atoms. The smallest absolute Gasteiger partial charge is 0.0904 e. The molecular formula is C47H70N2. The molecular weight excluding hydrogens is 593 g/mol. The number of rotatable bonds is 19. The number of allylic oxidation sites excluding steroid dienone is 4. The van der Waals surface area contributed by atoms with Crippen LogP contribution < -0.4 is 0 Å². The van der Waals surface area contributed by atoms with Crippen molar-refractivity contribution in [1.82, 2.24) is 0 Å². The minimum Gasteiger partial charge on any atom is -0.286 e. The Labute approximate surface area is 302 Å². The summed E-state index contributed by atoms with van der Waals surface area (Å²) in [5.74, 6) is 0. The Kier molecular flexibility index (Phi) is 13.9. The fraction of sp³-hybridized carbons (Fsp3) is 0.617. The van der Waals surface area contributed by atoms with Crippen LogP contribution in [0.3, 0.4) is 0 Å². The molecule has 2 aliphatic rings. The maximum Gasteiger partial charge on any atom is 0.0904 e. The third-order valence-corrected chi connectivity index (χ3v) is 12.5. The molecule has 2 aliphatic carbocycles. The summed E-state index contributed by atoms with van der Waals surface area (Å²) in [4.78, 5) is 9.78. The zero-order chi connectivity index (χ0) is 35.7. The lowest BCUT2D eigenvalue weighted by molar-refractivity contribution is 0.396. The van der Waals surface area contributed by atoms with E-state index in [1.165, 1.54) is 123 Å². The highest BCUT2D eigenvalue weighted by atomic mass is 14.8. The molecule has 0 amide bonds. The van der Waals surface area contributed by atoms with Crippen LogP contribution in [0.25, 0.3) is 16.7 Å². The first-order chi connectivity index (χ1) is 23.5. The van der Waals surface area contributed by atoms with Crippen molar-refractivity contribution in [3.05, 3.63) is 76.4 Å². The van der Waals surface area contributed by atoms with Crippen LogP contribution in [-0.2, 0) is 10.8 Å². The Hall–Kier alpha value is -2.74. The highest BCUT2D eigenvalue weighted by Crippen LogP contribution is 2.56. The van der Waals surface area contributed by atoms with E-state index < -0.39 is 0 Å². The van der Waals surface area contributed by atoms with E-state index in [0.29, 0.717) is 0 Å². The summed E-state index contributed by atoms with van der Waals surface area (Å²) in [7, 11) is 3.88.